The predicted molar refractivity (Wildman–Crippen MR) is 71.9 cm³/mol. The highest BCUT2D eigenvalue weighted by atomic mass is 16.5. The number of hydrogen-bond donors (Lipinski definition) is 1. The first-order chi connectivity index (χ1) is 8.79. The standard InChI is InChI=1S/C14H21N3O/c1-2-18-13-4-3-7-16-14(13)17-11-5-6-12(17)9-10(15)8-11/h3-4,7,10-12H,2,5-6,8-9,15H2,1H3. The molecule has 0 aromatic carbocycles. The van der Waals surface area contributed by atoms with Crippen LogP contribution in [0.25, 0.3) is 0 Å². The molecule has 98 valence electrons. The van der Waals surface area contributed by atoms with Crippen molar-refractivity contribution in [1.82, 2.24) is 4.98 Å². The van der Waals surface area contributed by atoms with Crippen molar-refractivity contribution in [2.45, 2.75) is 50.7 Å². The summed E-state index contributed by atoms with van der Waals surface area (Å²) < 4.78 is 5.71. The van der Waals surface area contributed by atoms with Crippen LogP contribution < -0.4 is 15.4 Å². The van der Waals surface area contributed by atoms with Crippen LogP contribution in [0.15, 0.2) is 18.3 Å². The zero-order chi connectivity index (χ0) is 12.5. The number of nitrogens with two attached hydrogens (primary N) is 1. The Balaban J connectivity index is 1.91. The molecular formula is C14H21N3O. The van der Waals surface area contributed by atoms with Crippen LogP contribution in [-0.4, -0.2) is 29.7 Å². The molecule has 18 heavy (non-hydrogen) atoms. The minimum absolute atomic E-state index is 0.359. The normalized spacial score (nSPS) is 30.6. The van der Waals surface area contributed by atoms with Crippen molar-refractivity contribution in [3.05, 3.63) is 18.3 Å². The number of piperidine rings is 1. The quantitative estimate of drug-likeness (QED) is 0.887. The van der Waals surface area contributed by atoms with Gasteiger partial charge >= 0.3 is 0 Å². The number of hydrogen-bond acceptors (Lipinski definition) is 4. The van der Waals surface area contributed by atoms with Gasteiger partial charge in [-0.2, -0.15) is 0 Å². The second-order valence-electron chi connectivity index (χ2n) is 5.28. The molecule has 3 rings (SSSR count). The van der Waals surface area contributed by atoms with E-state index in [0.717, 1.165) is 24.4 Å². The number of pyridine rings is 1. The Kier molecular flexibility index (Phi) is 3.12. The van der Waals surface area contributed by atoms with Crippen molar-refractivity contribution >= 4 is 5.82 Å². The summed E-state index contributed by atoms with van der Waals surface area (Å²) >= 11 is 0. The van der Waals surface area contributed by atoms with E-state index in [1.807, 2.05) is 25.3 Å². The Morgan fingerprint density at radius 1 is 1.39 bits per heavy atom. The SMILES string of the molecule is CCOc1cccnc1N1C2CCC1CC(N)C2. The second-order valence-corrected chi connectivity index (χ2v) is 5.28. The summed E-state index contributed by atoms with van der Waals surface area (Å²) in [5, 5.41) is 0. The summed E-state index contributed by atoms with van der Waals surface area (Å²) in [5.74, 6) is 1.92. The summed E-state index contributed by atoms with van der Waals surface area (Å²) in [6, 6.07) is 5.41. The van der Waals surface area contributed by atoms with E-state index < -0.39 is 0 Å². The maximum atomic E-state index is 6.11. The maximum Gasteiger partial charge on any atom is 0.171 e. The van der Waals surface area contributed by atoms with E-state index in [0.29, 0.717) is 24.7 Å². The van der Waals surface area contributed by atoms with Gasteiger partial charge in [0.15, 0.2) is 11.6 Å². The molecule has 2 fully saturated rings. The van der Waals surface area contributed by atoms with Gasteiger partial charge in [0.1, 0.15) is 0 Å². The molecule has 2 atom stereocenters. The number of nitrogens with zero attached hydrogens (tertiary/aromatic N) is 2. The van der Waals surface area contributed by atoms with Gasteiger partial charge < -0.3 is 15.4 Å². The Morgan fingerprint density at radius 2 is 2.11 bits per heavy atom. The third kappa shape index (κ3) is 1.94. The van der Waals surface area contributed by atoms with Gasteiger partial charge in [0, 0.05) is 24.3 Å². The van der Waals surface area contributed by atoms with Gasteiger partial charge in [-0.3, -0.25) is 0 Å². The Bertz CT molecular complexity index is 409. The fraction of sp³-hybridized carbons (Fsp3) is 0.643. The molecule has 2 aliphatic heterocycles. The van der Waals surface area contributed by atoms with Crippen LogP contribution in [-0.2, 0) is 0 Å². The van der Waals surface area contributed by atoms with Crippen LogP contribution in [0.1, 0.15) is 32.6 Å². The highest BCUT2D eigenvalue weighted by molar-refractivity contribution is 5.55. The van der Waals surface area contributed by atoms with Gasteiger partial charge in [-0.05, 0) is 44.7 Å². The summed E-state index contributed by atoms with van der Waals surface area (Å²) in [6.07, 6.45) is 6.49. The van der Waals surface area contributed by atoms with Gasteiger partial charge in [0.2, 0.25) is 0 Å². The first-order valence-corrected chi connectivity index (χ1v) is 6.91. The smallest absolute Gasteiger partial charge is 0.171 e. The van der Waals surface area contributed by atoms with E-state index >= 15 is 0 Å². The first-order valence-electron chi connectivity index (χ1n) is 6.91. The number of aromatic nitrogens is 1. The van der Waals surface area contributed by atoms with Gasteiger partial charge in [-0.25, -0.2) is 4.98 Å². The van der Waals surface area contributed by atoms with E-state index in [1.165, 1.54) is 12.8 Å². The molecule has 0 spiro atoms. The molecule has 2 N–H and O–H groups in total. The average Bonchev–Trinajstić information content (AvgIpc) is 2.63. The lowest BCUT2D eigenvalue weighted by Crippen LogP contribution is -2.48. The van der Waals surface area contributed by atoms with Crippen molar-refractivity contribution in [1.29, 1.82) is 0 Å². The molecule has 1 aromatic heterocycles. The van der Waals surface area contributed by atoms with Crippen molar-refractivity contribution in [2.24, 2.45) is 5.73 Å². The molecule has 3 heterocycles. The summed E-state index contributed by atoms with van der Waals surface area (Å²) in [7, 11) is 0. The van der Waals surface area contributed by atoms with Gasteiger partial charge in [0.05, 0.1) is 6.61 Å². The molecule has 1 aromatic rings. The van der Waals surface area contributed by atoms with Crippen LogP contribution in [0.3, 0.4) is 0 Å². The van der Waals surface area contributed by atoms with Crippen LogP contribution in [0.2, 0.25) is 0 Å². The molecule has 2 aliphatic rings. The lowest BCUT2D eigenvalue weighted by molar-refractivity contribution is 0.333. The number of anilines is 1. The van der Waals surface area contributed by atoms with E-state index in [1.54, 1.807) is 0 Å². The fourth-order valence-electron chi connectivity index (χ4n) is 3.41. The summed E-state index contributed by atoms with van der Waals surface area (Å²) in [5.41, 5.74) is 6.11. The van der Waals surface area contributed by atoms with Crippen molar-refractivity contribution in [3.63, 3.8) is 0 Å². The van der Waals surface area contributed by atoms with E-state index in [4.69, 9.17) is 10.5 Å². The van der Waals surface area contributed by atoms with Gasteiger partial charge in [-0.15, -0.1) is 0 Å². The van der Waals surface area contributed by atoms with Crippen LogP contribution >= 0.6 is 0 Å². The second kappa shape index (κ2) is 4.76. The summed E-state index contributed by atoms with van der Waals surface area (Å²) in [4.78, 5) is 7.00. The third-order valence-corrected chi connectivity index (χ3v) is 4.06. The molecule has 0 radical (unpaired) electrons. The van der Waals surface area contributed by atoms with Gasteiger partial charge in [-0.1, -0.05) is 0 Å². The Hall–Kier alpha value is -1.29. The van der Waals surface area contributed by atoms with Crippen molar-refractivity contribution in [2.75, 3.05) is 11.5 Å². The lowest BCUT2D eigenvalue weighted by atomic mass is 9.98. The number of ether oxygens (including phenoxy) is 1. The molecule has 0 aliphatic carbocycles. The van der Waals surface area contributed by atoms with Crippen LogP contribution in [0.5, 0.6) is 5.75 Å². The fourth-order valence-corrected chi connectivity index (χ4v) is 3.41. The molecule has 0 saturated carbocycles. The monoisotopic (exact) mass is 247 g/mol. The largest absolute Gasteiger partial charge is 0.490 e. The number of rotatable bonds is 3. The van der Waals surface area contributed by atoms with Crippen LogP contribution in [0, 0.1) is 0 Å². The zero-order valence-corrected chi connectivity index (χ0v) is 10.9. The van der Waals surface area contributed by atoms with E-state index in [9.17, 15) is 0 Å². The number of fused-ring (bicyclic) bond motifs is 2. The topological polar surface area (TPSA) is 51.4 Å². The molecular weight excluding hydrogens is 226 g/mol. The highest BCUT2D eigenvalue weighted by Crippen LogP contribution is 2.41. The molecule has 0 amide bonds. The predicted octanol–water partition coefficient (Wildman–Crippen LogP) is 1.94. The molecule has 4 heteroatoms. The molecule has 2 bridgehead atoms. The molecule has 2 unspecified atom stereocenters. The Labute approximate surface area is 108 Å². The average molecular weight is 247 g/mol. The first kappa shape index (κ1) is 11.8. The minimum atomic E-state index is 0.359. The lowest BCUT2D eigenvalue weighted by Gasteiger charge is -2.39. The minimum Gasteiger partial charge on any atom is -0.490 e. The van der Waals surface area contributed by atoms with E-state index in [2.05, 4.69) is 9.88 Å². The van der Waals surface area contributed by atoms with Crippen LogP contribution in [0.4, 0.5) is 5.82 Å². The van der Waals surface area contributed by atoms with E-state index in [-0.39, 0.29) is 0 Å². The maximum absolute atomic E-state index is 6.11. The van der Waals surface area contributed by atoms with Crippen molar-refractivity contribution in [3.8, 4) is 5.75 Å². The zero-order valence-electron chi connectivity index (χ0n) is 10.9. The highest BCUT2D eigenvalue weighted by Gasteiger charge is 2.41. The van der Waals surface area contributed by atoms with Gasteiger partial charge in [0.25, 0.3) is 0 Å². The van der Waals surface area contributed by atoms with Crippen molar-refractivity contribution < 1.29 is 4.74 Å². The Morgan fingerprint density at radius 3 is 2.78 bits per heavy atom. The molecule has 4 nitrogen and oxygen atoms in total. The summed E-state index contributed by atoms with van der Waals surface area (Å²) in [6.45, 7) is 2.69. The molecule has 2 saturated heterocycles. The third-order valence-electron chi connectivity index (χ3n) is 4.06.